The zero-order valence-electron chi connectivity index (χ0n) is 13.9. The number of sulfonamides is 1. The smallest absolute Gasteiger partial charge is 0.251 e. The van der Waals surface area contributed by atoms with E-state index in [1.54, 1.807) is 0 Å². The molecule has 5 nitrogen and oxygen atoms in total. The molecule has 0 saturated carbocycles. The Hall–Kier alpha value is -2.18. The van der Waals surface area contributed by atoms with Crippen LogP contribution in [0.3, 0.4) is 0 Å². The molecule has 0 aromatic heterocycles. The number of carbonyl (C=O) groups excluding carboxylic acids is 1. The molecule has 1 N–H and O–H groups in total. The second kappa shape index (κ2) is 8.08. The number of amides is 1. The molecule has 0 atom stereocenters. The fourth-order valence-corrected chi connectivity index (χ4v) is 3.13. The Labute approximate surface area is 143 Å². The number of hydrogen-bond acceptors (Lipinski definition) is 3. The van der Waals surface area contributed by atoms with Gasteiger partial charge in [-0.3, -0.25) is 4.79 Å². The van der Waals surface area contributed by atoms with Gasteiger partial charge >= 0.3 is 0 Å². The van der Waals surface area contributed by atoms with Crippen molar-refractivity contribution in [2.45, 2.75) is 17.7 Å². The van der Waals surface area contributed by atoms with Gasteiger partial charge in [0, 0.05) is 26.2 Å². The van der Waals surface area contributed by atoms with Gasteiger partial charge in [-0.2, -0.15) is 0 Å². The zero-order valence-corrected chi connectivity index (χ0v) is 14.7. The van der Waals surface area contributed by atoms with Crippen molar-refractivity contribution in [3.05, 3.63) is 65.7 Å². The Balaban J connectivity index is 1.87. The molecule has 0 bridgehead atoms. The average Bonchev–Trinajstić information content (AvgIpc) is 2.59. The van der Waals surface area contributed by atoms with Crippen molar-refractivity contribution in [2.75, 3.05) is 20.6 Å². The summed E-state index contributed by atoms with van der Waals surface area (Å²) < 4.78 is 25.1. The molecule has 0 saturated heterocycles. The number of nitrogens with one attached hydrogen (secondary N) is 1. The fourth-order valence-electron chi connectivity index (χ4n) is 2.23. The number of aryl methyl sites for hydroxylation is 1. The molecule has 0 fully saturated rings. The van der Waals surface area contributed by atoms with Gasteiger partial charge in [0.1, 0.15) is 0 Å². The standard InChI is InChI=1S/C18H22N2O3S/c1-20(2)24(22,23)17-12-10-16(11-13-17)18(21)19-14-6-9-15-7-4-3-5-8-15/h3-5,7-8,10-13H,6,9,14H2,1-2H3,(H,19,21). The maximum Gasteiger partial charge on any atom is 0.251 e. The number of benzene rings is 2. The highest BCUT2D eigenvalue weighted by Gasteiger charge is 2.17. The molecule has 0 heterocycles. The van der Waals surface area contributed by atoms with Gasteiger partial charge in [0.2, 0.25) is 10.0 Å². The van der Waals surface area contributed by atoms with Crippen LogP contribution in [0.25, 0.3) is 0 Å². The van der Waals surface area contributed by atoms with Crippen LogP contribution < -0.4 is 5.32 Å². The van der Waals surface area contributed by atoms with E-state index in [0.717, 1.165) is 17.1 Å². The second-order valence-corrected chi connectivity index (χ2v) is 7.81. The number of hydrogen-bond donors (Lipinski definition) is 1. The Morgan fingerprint density at radius 3 is 2.21 bits per heavy atom. The second-order valence-electron chi connectivity index (χ2n) is 5.66. The summed E-state index contributed by atoms with van der Waals surface area (Å²) in [6.07, 6.45) is 1.75. The van der Waals surface area contributed by atoms with E-state index in [1.165, 1.54) is 43.9 Å². The first-order chi connectivity index (χ1) is 11.4. The van der Waals surface area contributed by atoms with Crippen molar-refractivity contribution in [1.29, 1.82) is 0 Å². The van der Waals surface area contributed by atoms with E-state index in [4.69, 9.17) is 0 Å². The predicted octanol–water partition coefficient (Wildman–Crippen LogP) is 2.30. The Morgan fingerprint density at radius 1 is 1.00 bits per heavy atom. The molecule has 2 aromatic carbocycles. The molecule has 0 radical (unpaired) electrons. The van der Waals surface area contributed by atoms with Gasteiger partial charge in [0.15, 0.2) is 0 Å². The molecule has 6 heteroatoms. The maximum atomic E-state index is 12.1. The number of rotatable bonds is 7. The molecule has 0 aliphatic heterocycles. The number of nitrogens with zero attached hydrogens (tertiary/aromatic N) is 1. The highest BCUT2D eigenvalue weighted by atomic mass is 32.2. The molecule has 2 aromatic rings. The first-order valence-corrected chi connectivity index (χ1v) is 9.20. The van der Waals surface area contributed by atoms with E-state index in [9.17, 15) is 13.2 Å². The monoisotopic (exact) mass is 346 g/mol. The van der Waals surface area contributed by atoms with E-state index < -0.39 is 10.0 Å². The largest absolute Gasteiger partial charge is 0.352 e. The minimum Gasteiger partial charge on any atom is -0.352 e. The third kappa shape index (κ3) is 4.66. The molecule has 2 rings (SSSR count). The van der Waals surface area contributed by atoms with Crippen molar-refractivity contribution < 1.29 is 13.2 Å². The normalized spacial score (nSPS) is 11.5. The van der Waals surface area contributed by atoms with Gasteiger partial charge in [0.25, 0.3) is 5.91 Å². The lowest BCUT2D eigenvalue weighted by Gasteiger charge is -2.11. The first kappa shape index (κ1) is 18.2. The fraction of sp³-hybridized carbons (Fsp3) is 0.278. The van der Waals surface area contributed by atoms with Crippen molar-refractivity contribution in [1.82, 2.24) is 9.62 Å². The zero-order chi connectivity index (χ0) is 17.6. The van der Waals surface area contributed by atoms with E-state index in [-0.39, 0.29) is 10.8 Å². The molecular weight excluding hydrogens is 324 g/mol. The van der Waals surface area contributed by atoms with Crippen LogP contribution in [0.15, 0.2) is 59.5 Å². The lowest BCUT2D eigenvalue weighted by atomic mass is 10.1. The van der Waals surface area contributed by atoms with Crippen LogP contribution in [-0.4, -0.2) is 39.3 Å². The van der Waals surface area contributed by atoms with Gasteiger partial charge in [-0.05, 0) is 42.7 Å². The summed E-state index contributed by atoms with van der Waals surface area (Å²) in [5.41, 5.74) is 1.69. The van der Waals surface area contributed by atoms with Crippen molar-refractivity contribution in [3.63, 3.8) is 0 Å². The van der Waals surface area contributed by atoms with Crippen LogP contribution in [0.2, 0.25) is 0 Å². The van der Waals surface area contributed by atoms with Crippen LogP contribution in [0.5, 0.6) is 0 Å². The molecule has 1 amide bonds. The predicted molar refractivity (Wildman–Crippen MR) is 94.4 cm³/mol. The molecule has 0 aliphatic rings. The van der Waals surface area contributed by atoms with Crippen LogP contribution in [0.4, 0.5) is 0 Å². The lowest BCUT2D eigenvalue weighted by Crippen LogP contribution is -2.25. The number of carbonyl (C=O) groups is 1. The highest BCUT2D eigenvalue weighted by molar-refractivity contribution is 7.89. The Kier molecular flexibility index (Phi) is 6.11. The van der Waals surface area contributed by atoms with Gasteiger partial charge in [0.05, 0.1) is 4.90 Å². The highest BCUT2D eigenvalue weighted by Crippen LogP contribution is 2.14. The third-order valence-corrected chi connectivity index (χ3v) is 5.50. The molecule has 0 spiro atoms. The average molecular weight is 346 g/mol. The summed E-state index contributed by atoms with van der Waals surface area (Å²) in [5, 5.41) is 2.85. The minimum absolute atomic E-state index is 0.174. The van der Waals surface area contributed by atoms with Crippen LogP contribution in [-0.2, 0) is 16.4 Å². The van der Waals surface area contributed by atoms with Gasteiger partial charge in [-0.15, -0.1) is 0 Å². The van der Waals surface area contributed by atoms with Crippen molar-refractivity contribution in [3.8, 4) is 0 Å². The summed E-state index contributed by atoms with van der Waals surface area (Å²) in [6, 6.07) is 16.1. The SMILES string of the molecule is CN(C)S(=O)(=O)c1ccc(C(=O)NCCCc2ccccc2)cc1. The minimum atomic E-state index is -3.47. The van der Waals surface area contributed by atoms with Crippen LogP contribution >= 0.6 is 0 Å². The first-order valence-electron chi connectivity index (χ1n) is 7.76. The molecule has 24 heavy (non-hydrogen) atoms. The van der Waals surface area contributed by atoms with Gasteiger partial charge < -0.3 is 5.32 Å². The van der Waals surface area contributed by atoms with Crippen molar-refractivity contribution >= 4 is 15.9 Å². The Bertz CT molecular complexity index is 770. The van der Waals surface area contributed by atoms with Gasteiger partial charge in [-0.25, -0.2) is 12.7 Å². The van der Waals surface area contributed by atoms with E-state index in [1.807, 2.05) is 18.2 Å². The van der Waals surface area contributed by atoms with Crippen LogP contribution in [0.1, 0.15) is 22.3 Å². The van der Waals surface area contributed by atoms with E-state index in [0.29, 0.717) is 12.1 Å². The summed E-state index contributed by atoms with van der Waals surface area (Å²) in [4.78, 5) is 12.3. The molecule has 0 aliphatic carbocycles. The molecule has 128 valence electrons. The van der Waals surface area contributed by atoms with Gasteiger partial charge in [-0.1, -0.05) is 30.3 Å². The van der Waals surface area contributed by atoms with E-state index >= 15 is 0 Å². The Morgan fingerprint density at radius 2 is 1.62 bits per heavy atom. The lowest BCUT2D eigenvalue weighted by molar-refractivity contribution is 0.0953. The summed E-state index contributed by atoms with van der Waals surface area (Å²) in [7, 11) is -0.519. The van der Waals surface area contributed by atoms with Crippen LogP contribution in [0, 0.1) is 0 Å². The topological polar surface area (TPSA) is 66.5 Å². The molecule has 0 unspecified atom stereocenters. The summed E-state index contributed by atoms with van der Waals surface area (Å²) in [6.45, 7) is 0.575. The quantitative estimate of drug-likeness (QED) is 0.782. The summed E-state index contributed by atoms with van der Waals surface area (Å²) in [5.74, 6) is -0.197. The maximum absolute atomic E-state index is 12.1. The summed E-state index contributed by atoms with van der Waals surface area (Å²) >= 11 is 0. The third-order valence-electron chi connectivity index (χ3n) is 3.67. The van der Waals surface area contributed by atoms with Crippen molar-refractivity contribution in [2.24, 2.45) is 0 Å². The van der Waals surface area contributed by atoms with E-state index in [2.05, 4.69) is 17.4 Å². The molecular formula is C18H22N2O3S.